The third kappa shape index (κ3) is 5.13. The van der Waals surface area contributed by atoms with Gasteiger partial charge in [-0.1, -0.05) is 206 Å². The summed E-state index contributed by atoms with van der Waals surface area (Å²) in [6, 6.07) is 87.2. The first-order chi connectivity index (χ1) is 29.8. The lowest BCUT2D eigenvalue weighted by Gasteiger charge is -2.32. The molecule has 1 heteroatoms. The Labute approximate surface area is 351 Å². The lowest BCUT2D eigenvalue weighted by atomic mass is 9.70. The number of nitrogens with zero attached hydrogens (tertiary/aromatic N) is 1. The molecule has 1 nitrogen and oxygen atoms in total. The van der Waals surface area contributed by atoms with E-state index in [1.807, 2.05) is 0 Å². The molecule has 0 N–H and O–H groups in total. The Kier molecular flexibility index (Phi) is 7.83. The minimum atomic E-state index is -0.391. The minimum absolute atomic E-state index is 0.391. The quantitative estimate of drug-likeness (QED) is 0.163. The van der Waals surface area contributed by atoms with Crippen LogP contribution < -0.4 is 4.90 Å². The third-order valence-electron chi connectivity index (χ3n) is 12.9. The first kappa shape index (κ1) is 34.3. The van der Waals surface area contributed by atoms with E-state index in [9.17, 15) is 0 Å². The molecular formula is C59H39N. The predicted octanol–water partition coefficient (Wildman–Crippen LogP) is 15.7. The molecule has 2 aliphatic carbocycles. The summed E-state index contributed by atoms with van der Waals surface area (Å²) in [5.41, 5.74) is 20.8. The maximum atomic E-state index is 2.47. The van der Waals surface area contributed by atoms with Crippen LogP contribution in [-0.4, -0.2) is 0 Å². The average Bonchev–Trinajstić information content (AvgIpc) is 3.79. The van der Waals surface area contributed by atoms with E-state index in [0.717, 1.165) is 17.1 Å². The number of hydrogen-bond donors (Lipinski definition) is 0. The van der Waals surface area contributed by atoms with Crippen molar-refractivity contribution in [1.29, 1.82) is 0 Å². The number of benzene rings is 10. The number of hydrogen-bond acceptors (Lipinski definition) is 1. The number of rotatable bonds is 6. The van der Waals surface area contributed by atoms with E-state index in [-0.39, 0.29) is 0 Å². The van der Waals surface area contributed by atoms with Gasteiger partial charge in [-0.25, -0.2) is 0 Å². The second-order valence-electron chi connectivity index (χ2n) is 16.0. The summed E-state index contributed by atoms with van der Waals surface area (Å²) in [6.07, 6.45) is 0. The molecule has 10 aromatic rings. The Balaban J connectivity index is 1.06. The maximum Gasteiger partial charge on any atom is 0.0725 e. The molecule has 1 spiro atoms. The van der Waals surface area contributed by atoms with Crippen LogP contribution in [0.3, 0.4) is 0 Å². The molecule has 0 saturated carbocycles. The first-order valence-corrected chi connectivity index (χ1v) is 20.8. The molecular weight excluding hydrogens is 723 g/mol. The van der Waals surface area contributed by atoms with E-state index in [0.29, 0.717) is 0 Å². The normalized spacial score (nSPS) is 12.8. The van der Waals surface area contributed by atoms with Crippen molar-refractivity contribution < 1.29 is 0 Å². The van der Waals surface area contributed by atoms with Crippen molar-refractivity contribution >= 4 is 27.8 Å². The molecule has 0 aliphatic heterocycles. The molecule has 0 saturated heterocycles. The van der Waals surface area contributed by atoms with E-state index in [4.69, 9.17) is 0 Å². The van der Waals surface area contributed by atoms with Crippen LogP contribution in [0.25, 0.3) is 66.4 Å². The lowest BCUT2D eigenvalue weighted by molar-refractivity contribution is 0.794. The van der Waals surface area contributed by atoms with Gasteiger partial charge in [0.2, 0.25) is 0 Å². The van der Waals surface area contributed by atoms with Crippen LogP contribution in [0, 0.1) is 0 Å². The highest BCUT2D eigenvalue weighted by molar-refractivity contribution is 6.06. The molecule has 0 amide bonds. The van der Waals surface area contributed by atoms with Gasteiger partial charge in [-0.3, -0.25) is 0 Å². The maximum absolute atomic E-state index is 2.47. The Morgan fingerprint density at radius 3 is 1.32 bits per heavy atom. The van der Waals surface area contributed by atoms with Crippen molar-refractivity contribution in [1.82, 2.24) is 0 Å². The van der Waals surface area contributed by atoms with Gasteiger partial charge in [0.25, 0.3) is 0 Å². The molecule has 12 rings (SSSR count). The summed E-state index contributed by atoms with van der Waals surface area (Å²) in [5.74, 6) is 0. The van der Waals surface area contributed by atoms with Crippen LogP contribution in [-0.2, 0) is 5.41 Å². The van der Waals surface area contributed by atoms with Crippen LogP contribution in [0.2, 0.25) is 0 Å². The van der Waals surface area contributed by atoms with Gasteiger partial charge in [-0.2, -0.15) is 0 Å². The molecule has 0 atom stereocenters. The van der Waals surface area contributed by atoms with Gasteiger partial charge in [0.1, 0.15) is 0 Å². The summed E-state index contributed by atoms with van der Waals surface area (Å²) in [5, 5.41) is 2.45. The van der Waals surface area contributed by atoms with Crippen LogP contribution in [0.5, 0.6) is 0 Å². The Hall–Kier alpha value is -7.74. The van der Waals surface area contributed by atoms with Gasteiger partial charge in [-0.05, 0) is 113 Å². The minimum Gasteiger partial charge on any atom is -0.310 e. The summed E-state index contributed by atoms with van der Waals surface area (Å²) >= 11 is 0. The summed E-state index contributed by atoms with van der Waals surface area (Å²) < 4.78 is 0. The summed E-state index contributed by atoms with van der Waals surface area (Å²) in [4.78, 5) is 2.47. The van der Waals surface area contributed by atoms with Gasteiger partial charge in [-0.15, -0.1) is 0 Å². The second kappa shape index (κ2) is 13.7. The van der Waals surface area contributed by atoms with Gasteiger partial charge in [0, 0.05) is 16.9 Å². The molecule has 0 unspecified atom stereocenters. The fraction of sp³-hybridized carbons (Fsp3) is 0.0169. The molecule has 0 bridgehead atoms. The van der Waals surface area contributed by atoms with Crippen molar-refractivity contribution in [3.63, 3.8) is 0 Å². The van der Waals surface area contributed by atoms with Crippen molar-refractivity contribution in [2.45, 2.75) is 5.41 Å². The zero-order chi connectivity index (χ0) is 39.6. The fourth-order valence-electron chi connectivity index (χ4n) is 10.3. The van der Waals surface area contributed by atoms with Crippen molar-refractivity contribution in [3.8, 4) is 55.6 Å². The number of anilines is 3. The SMILES string of the molecule is c1ccc(-c2ccc(-c3ccc(N(c4ccc5c(c4)-c4ccccc4C54c5ccccc5-c5ccccc54)c4ccc5ccccc5c4-c4ccccc4)cc3)cc2)cc1. The molecule has 60 heavy (non-hydrogen) atoms. The fourth-order valence-corrected chi connectivity index (χ4v) is 10.3. The van der Waals surface area contributed by atoms with Crippen LogP contribution >= 0.6 is 0 Å². The van der Waals surface area contributed by atoms with Crippen LogP contribution in [0.1, 0.15) is 22.3 Å². The third-order valence-corrected chi connectivity index (χ3v) is 12.9. The molecule has 2 aliphatic rings. The Morgan fingerprint density at radius 1 is 0.283 bits per heavy atom. The zero-order valence-corrected chi connectivity index (χ0v) is 33.0. The molecule has 0 radical (unpaired) electrons. The number of fused-ring (bicyclic) bond motifs is 11. The van der Waals surface area contributed by atoms with Gasteiger partial charge >= 0.3 is 0 Å². The van der Waals surface area contributed by atoms with Gasteiger partial charge < -0.3 is 4.90 Å². The largest absolute Gasteiger partial charge is 0.310 e. The Bertz CT molecular complexity index is 3190. The predicted molar refractivity (Wildman–Crippen MR) is 251 cm³/mol. The van der Waals surface area contributed by atoms with E-state index >= 15 is 0 Å². The molecule has 0 aromatic heterocycles. The first-order valence-electron chi connectivity index (χ1n) is 20.8. The van der Waals surface area contributed by atoms with Crippen molar-refractivity contribution in [3.05, 3.63) is 259 Å². The topological polar surface area (TPSA) is 3.24 Å². The standard InChI is InChI=1S/C59H39N/c1-3-15-40(16-4-1)41-27-29-42(30-28-41)43-31-34-46(35-32-43)60(57-38-33-44-17-7-8-20-48(44)58(57)45-18-5-2-6-19-45)47-36-37-56-52(39-47)51-23-11-14-26-55(51)59(56)53-24-12-9-21-49(53)50-22-10-13-25-54(50)59/h1-39H. The van der Waals surface area contributed by atoms with Crippen molar-refractivity contribution in [2.24, 2.45) is 0 Å². The van der Waals surface area contributed by atoms with E-state index in [1.165, 1.54) is 88.7 Å². The Morgan fingerprint density at radius 2 is 0.717 bits per heavy atom. The summed E-state index contributed by atoms with van der Waals surface area (Å²) in [7, 11) is 0. The van der Waals surface area contributed by atoms with E-state index < -0.39 is 5.41 Å². The van der Waals surface area contributed by atoms with Crippen molar-refractivity contribution in [2.75, 3.05) is 4.90 Å². The monoisotopic (exact) mass is 761 g/mol. The highest BCUT2D eigenvalue weighted by Crippen LogP contribution is 2.63. The van der Waals surface area contributed by atoms with E-state index in [2.05, 4.69) is 241 Å². The smallest absolute Gasteiger partial charge is 0.0725 e. The molecule has 0 heterocycles. The molecule has 280 valence electrons. The van der Waals surface area contributed by atoms with Gasteiger partial charge in [0.15, 0.2) is 0 Å². The van der Waals surface area contributed by atoms with Crippen LogP contribution in [0.15, 0.2) is 237 Å². The average molecular weight is 762 g/mol. The van der Waals surface area contributed by atoms with Gasteiger partial charge in [0.05, 0.1) is 11.1 Å². The van der Waals surface area contributed by atoms with E-state index in [1.54, 1.807) is 0 Å². The highest BCUT2D eigenvalue weighted by atomic mass is 15.1. The lowest BCUT2D eigenvalue weighted by Crippen LogP contribution is -2.25. The molecule has 0 fully saturated rings. The highest BCUT2D eigenvalue weighted by Gasteiger charge is 2.51. The summed E-state index contributed by atoms with van der Waals surface area (Å²) in [6.45, 7) is 0. The van der Waals surface area contributed by atoms with Crippen LogP contribution in [0.4, 0.5) is 17.1 Å². The second-order valence-corrected chi connectivity index (χ2v) is 16.0. The molecule has 10 aromatic carbocycles. The zero-order valence-electron chi connectivity index (χ0n) is 33.0.